The van der Waals surface area contributed by atoms with Gasteiger partial charge in [-0.15, -0.1) is 0 Å². The maximum atomic E-state index is 12.9. The third kappa shape index (κ3) is 6.32. The summed E-state index contributed by atoms with van der Waals surface area (Å²) in [6.45, 7) is 13.5. The summed E-state index contributed by atoms with van der Waals surface area (Å²) >= 11 is 0. The molecule has 0 bridgehead atoms. The lowest BCUT2D eigenvalue weighted by Crippen LogP contribution is -2.38. The molecule has 1 rings (SSSR count). The normalized spacial score (nSPS) is 20.6. The highest BCUT2D eigenvalue weighted by Gasteiger charge is 2.41. The van der Waals surface area contributed by atoms with E-state index in [2.05, 4.69) is 45.9 Å². The van der Waals surface area contributed by atoms with E-state index >= 15 is 0 Å². The van der Waals surface area contributed by atoms with Gasteiger partial charge in [-0.05, 0) is 91.7 Å². The lowest BCUT2D eigenvalue weighted by atomic mass is 9.68. The van der Waals surface area contributed by atoms with Gasteiger partial charge in [-0.25, -0.2) is 4.79 Å². The van der Waals surface area contributed by atoms with Crippen molar-refractivity contribution in [2.24, 2.45) is 5.41 Å². The number of esters is 1. The third-order valence-electron chi connectivity index (χ3n) is 5.98. The second-order valence-electron chi connectivity index (χ2n) is 8.77. The zero-order valence-corrected chi connectivity index (χ0v) is 19.9. The minimum Gasteiger partial charge on any atom is -0.872 e. The largest absolute Gasteiger partial charge is 0.872 e. The van der Waals surface area contributed by atoms with Crippen LogP contribution in [0.3, 0.4) is 0 Å². The van der Waals surface area contributed by atoms with E-state index in [9.17, 15) is 14.7 Å². The Morgan fingerprint density at radius 1 is 1.00 bits per heavy atom. The second kappa shape index (κ2) is 11.1. The molecule has 0 unspecified atom stereocenters. The fraction of sp³-hybridized carbons (Fsp3) is 0.538. The van der Waals surface area contributed by atoms with Crippen molar-refractivity contribution in [1.82, 2.24) is 0 Å². The van der Waals surface area contributed by atoms with E-state index in [1.165, 1.54) is 30.8 Å². The van der Waals surface area contributed by atoms with Crippen molar-refractivity contribution in [1.29, 1.82) is 0 Å². The Kier molecular flexibility index (Phi) is 9.54. The first kappa shape index (κ1) is 25.7. The number of allylic oxidation sites excluding steroid dienone is 8. The van der Waals surface area contributed by atoms with Crippen LogP contribution in [0.5, 0.6) is 0 Å². The first-order valence-electron chi connectivity index (χ1n) is 10.6. The molecule has 0 saturated heterocycles. The molecule has 0 aliphatic heterocycles. The van der Waals surface area contributed by atoms with Gasteiger partial charge in [0, 0.05) is 0 Å². The number of Topliss-reactive ketones (excluding diaryl/α,β-unsaturated/α-hetero) is 1. The highest BCUT2D eigenvalue weighted by Crippen LogP contribution is 2.42. The number of hydrogen-bond donors (Lipinski definition) is 0. The third-order valence-corrected chi connectivity index (χ3v) is 5.98. The van der Waals surface area contributed by atoms with Crippen LogP contribution in [0.2, 0.25) is 0 Å². The lowest BCUT2D eigenvalue weighted by Gasteiger charge is -2.37. The summed E-state index contributed by atoms with van der Waals surface area (Å²) in [5.74, 6) is -1.40. The Bertz CT molecular complexity index is 829. The summed E-state index contributed by atoms with van der Waals surface area (Å²) in [5, 5.41) is 12.4. The van der Waals surface area contributed by atoms with Gasteiger partial charge in [-0.1, -0.05) is 40.7 Å². The molecule has 0 aromatic carbocycles. The standard InChI is InChI=1S/C26H38O4/c1-17(2)11-9-12-18(3)13-10-14-19(4)15-16-26(7)21(6)22(25(29)30-8)23(27)20(5)24(26)28/h11,13,15,27H,9-10,12,14,16H2,1-8H3/p-1/b18-13+,19-15+/t26-/m1/s1. The summed E-state index contributed by atoms with van der Waals surface area (Å²) in [7, 11) is 1.25. The fourth-order valence-corrected chi connectivity index (χ4v) is 3.63. The van der Waals surface area contributed by atoms with Crippen LogP contribution in [0.1, 0.15) is 80.6 Å². The quantitative estimate of drug-likeness (QED) is 0.369. The molecule has 166 valence electrons. The van der Waals surface area contributed by atoms with Gasteiger partial charge in [0.05, 0.1) is 18.1 Å². The molecule has 30 heavy (non-hydrogen) atoms. The van der Waals surface area contributed by atoms with Gasteiger partial charge in [0.2, 0.25) is 0 Å². The van der Waals surface area contributed by atoms with Crippen LogP contribution in [0, 0.1) is 5.41 Å². The van der Waals surface area contributed by atoms with Crippen molar-refractivity contribution in [3.63, 3.8) is 0 Å². The maximum absolute atomic E-state index is 12.9. The Morgan fingerprint density at radius 3 is 2.07 bits per heavy atom. The van der Waals surface area contributed by atoms with E-state index in [1.54, 1.807) is 13.8 Å². The molecule has 0 heterocycles. The Balaban J connectivity index is 2.89. The van der Waals surface area contributed by atoms with Crippen molar-refractivity contribution < 1.29 is 19.4 Å². The van der Waals surface area contributed by atoms with Crippen molar-refractivity contribution in [2.75, 3.05) is 7.11 Å². The number of carbonyl (C=O) groups is 2. The maximum Gasteiger partial charge on any atom is 0.337 e. The molecule has 0 radical (unpaired) electrons. The molecular formula is C26H37O4-. The van der Waals surface area contributed by atoms with Gasteiger partial charge in [0.25, 0.3) is 0 Å². The van der Waals surface area contributed by atoms with Crippen LogP contribution in [-0.2, 0) is 14.3 Å². The van der Waals surface area contributed by atoms with E-state index in [-0.39, 0.29) is 16.9 Å². The summed E-state index contributed by atoms with van der Waals surface area (Å²) in [5.41, 5.74) is 3.62. The molecule has 0 spiro atoms. The summed E-state index contributed by atoms with van der Waals surface area (Å²) in [6, 6.07) is 0. The fourth-order valence-electron chi connectivity index (χ4n) is 3.63. The number of carbonyl (C=O) groups excluding carboxylic acids is 2. The van der Waals surface area contributed by atoms with Crippen LogP contribution in [0.4, 0.5) is 0 Å². The molecule has 1 aliphatic carbocycles. The van der Waals surface area contributed by atoms with Crippen LogP contribution in [0.25, 0.3) is 0 Å². The predicted molar refractivity (Wildman–Crippen MR) is 121 cm³/mol. The Morgan fingerprint density at radius 2 is 1.53 bits per heavy atom. The summed E-state index contributed by atoms with van der Waals surface area (Å²) in [6.07, 6.45) is 11.1. The number of rotatable bonds is 9. The van der Waals surface area contributed by atoms with Gasteiger partial charge >= 0.3 is 5.97 Å². The van der Waals surface area contributed by atoms with E-state index in [0.717, 1.165) is 25.7 Å². The topological polar surface area (TPSA) is 66.4 Å². The van der Waals surface area contributed by atoms with E-state index < -0.39 is 17.1 Å². The molecule has 1 atom stereocenters. The summed E-state index contributed by atoms with van der Waals surface area (Å²) < 4.78 is 4.78. The number of ether oxygens (including phenoxy) is 1. The van der Waals surface area contributed by atoms with Crippen molar-refractivity contribution in [3.8, 4) is 0 Å². The van der Waals surface area contributed by atoms with Gasteiger partial charge in [0.15, 0.2) is 5.78 Å². The molecule has 4 nitrogen and oxygen atoms in total. The van der Waals surface area contributed by atoms with Crippen LogP contribution in [-0.4, -0.2) is 18.9 Å². The zero-order chi connectivity index (χ0) is 23.1. The first-order chi connectivity index (χ1) is 14.0. The van der Waals surface area contributed by atoms with Crippen LogP contribution in [0.15, 0.2) is 57.4 Å². The average Bonchev–Trinajstić information content (AvgIpc) is 2.69. The van der Waals surface area contributed by atoms with Gasteiger partial charge in [-0.2, -0.15) is 0 Å². The molecule has 4 heteroatoms. The highest BCUT2D eigenvalue weighted by molar-refractivity contribution is 6.08. The van der Waals surface area contributed by atoms with Crippen molar-refractivity contribution in [2.45, 2.75) is 80.6 Å². The van der Waals surface area contributed by atoms with Crippen LogP contribution < -0.4 is 5.11 Å². The monoisotopic (exact) mass is 413 g/mol. The van der Waals surface area contributed by atoms with Crippen molar-refractivity contribution in [3.05, 3.63) is 57.4 Å². The predicted octanol–water partition coefficient (Wildman–Crippen LogP) is 5.51. The SMILES string of the molecule is COC(=O)C1=C(C)[C@@](C)(C/C=C(\C)CC/C=C(\C)CCC=C(C)C)C(=O)C(C)=C1[O-]. The minimum absolute atomic E-state index is 0.00178. The average molecular weight is 414 g/mol. The van der Waals surface area contributed by atoms with Crippen molar-refractivity contribution >= 4 is 11.8 Å². The van der Waals surface area contributed by atoms with E-state index in [0.29, 0.717) is 12.0 Å². The smallest absolute Gasteiger partial charge is 0.337 e. The molecule has 1 aliphatic rings. The van der Waals surface area contributed by atoms with E-state index in [4.69, 9.17) is 4.74 Å². The number of methoxy groups -OCH3 is 1. The number of ketones is 1. The van der Waals surface area contributed by atoms with E-state index in [1.807, 2.05) is 0 Å². The highest BCUT2D eigenvalue weighted by atomic mass is 16.5. The molecule has 0 fully saturated rings. The Labute approximate surface area is 182 Å². The zero-order valence-electron chi connectivity index (χ0n) is 19.9. The second-order valence-corrected chi connectivity index (χ2v) is 8.77. The molecule has 0 N–H and O–H groups in total. The lowest BCUT2D eigenvalue weighted by molar-refractivity contribution is -0.299. The van der Waals surface area contributed by atoms with Gasteiger partial charge < -0.3 is 9.84 Å². The first-order valence-corrected chi connectivity index (χ1v) is 10.6. The molecular weight excluding hydrogens is 376 g/mol. The Hall–Kier alpha value is -2.36. The minimum atomic E-state index is -0.904. The summed E-state index contributed by atoms with van der Waals surface area (Å²) in [4.78, 5) is 25.0. The molecule has 0 aromatic heterocycles. The van der Waals surface area contributed by atoms with Gasteiger partial charge in [-0.3, -0.25) is 4.79 Å². The van der Waals surface area contributed by atoms with Crippen LogP contribution >= 0.6 is 0 Å². The molecule has 0 saturated carbocycles. The van der Waals surface area contributed by atoms with Gasteiger partial charge in [0.1, 0.15) is 0 Å². The molecule has 0 aromatic rings. The molecule has 0 amide bonds. The number of hydrogen-bond acceptors (Lipinski definition) is 4.